The first-order valence-corrected chi connectivity index (χ1v) is 8.43. The van der Waals surface area contributed by atoms with Crippen molar-refractivity contribution >= 4 is 17.2 Å². The molecule has 1 atom stereocenters. The third-order valence-corrected chi connectivity index (χ3v) is 5.05. The van der Waals surface area contributed by atoms with Crippen LogP contribution in [0.1, 0.15) is 28.2 Å². The van der Waals surface area contributed by atoms with Crippen molar-refractivity contribution in [2.24, 2.45) is 0 Å². The molecule has 0 unspecified atom stereocenters. The number of nitrogens with zero attached hydrogens (tertiary/aromatic N) is 2. The van der Waals surface area contributed by atoms with Crippen LogP contribution in [0.25, 0.3) is 0 Å². The van der Waals surface area contributed by atoms with E-state index in [9.17, 15) is 23.1 Å². The molecular formula is C17H19F3N2O2S. The van der Waals surface area contributed by atoms with E-state index < -0.39 is 29.1 Å². The minimum Gasteiger partial charge on any atom is -0.374 e. The number of benzene rings is 1. The Kier molecular flexibility index (Phi) is 5.53. The molecule has 1 aromatic heterocycles. The maximum Gasteiger partial charge on any atom is 0.424 e. The normalized spacial score (nSPS) is 14.2. The van der Waals surface area contributed by atoms with Gasteiger partial charge in [0.1, 0.15) is 5.01 Å². The molecule has 0 aliphatic carbocycles. The summed E-state index contributed by atoms with van der Waals surface area (Å²) in [6.45, 7) is 3.55. The lowest BCUT2D eigenvalue weighted by molar-refractivity contribution is -0.268. The number of hydrogen-bond acceptors (Lipinski definition) is 4. The lowest BCUT2D eigenvalue weighted by atomic mass is 9.98. The van der Waals surface area contributed by atoms with Gasteiger partial charge in [0.25, 0.3) is 0 Å². The van der Waals surface area contributed by atoms with Crippen molar-refractivity contribution in [3.8, 4) is 0 Å². The lowest BCUT2D eigenvalue weighted by Gasteiger charge is -2.30. The Morgan fingerprint density at radius 1 is 1.28 bits per heavy atom. The highest BCUT2D eigenvalue weighted by atomic mass is 32.1. The lowest BCUT2D eigenvalue weighted by Crippen LogP contribution is -2.46. The molecule has 1 N–H and O–H groups in total. The number of aliphatic hydroxyl groups is 1. The van der Waals surface area contributed by atoms with Crippen LogP contribution in [0, 0.1) is 13.8 Å². The van der Waals surface area contributed by atoms with Gasteiger partial charge >= 0.3 is 6.18 Å². The molecule has 2 rings (SSSR count). The number of alkyl halides is 3. The zero-order valence-corrected chi connectivity index (χ0v) is 14.9. The second-order valence-corrected chi connectivity index (χ2v) is 6.86. The van der Waals surface area contributed by atoms with Crippen molar-refractivity contribution in [1.82, 2.24) is 9.88 Å². The molecule has 0 aliphatic heterocycles. The van der Waals surface area contributed by atoms with Crippen molar-refractivity contribution < 1.29 is 23.1 Å². The monoisotopic (exact) mass is 372 g/mol. The molecule has 2 aromatic rings. The second-order valence-electron chi connectivity index (χ2n) is 6.01. The van der Waals surface area contributed by atoms with Gasteiger partial charge in [-0.3, -0.25) is 4.79 Å². The Bertz CT molecular complexity index is 760. The number of rotatable bonds is 5. The Balaban J connectivity index is 2.21. The predicted octanol–water partition coefficient (Wildman–Crippen LogP) is 3.56. The van der Waals surface area contributed by atoms with E-state index in [1.165, 1.54) is 24.3 Å². The second kappa shape index (κ2) is 7.13. The number of hydrogen-bond donors (Lipinski definition) is 1. The molecule has 0 radical (unpaired) electrons. The average Bonchev–Trinajstić information content (AvgIpc) is 2.95. The average molecular weight is 372 g/mol. The number of halogens is 3. The molecule has 8 heteroatoms. The molecule has 0 aliphatic rings. The summed E-state index contributed by atoms with van der Waals surface area (Å²) in [6.07, 6.45) is -6.11. The molecule has 1 aromatic carbocycles. The van der Waals surface area contributed by atoms with Crippen LogP contribution in [0.5, 0.6) is 0 Å². The molecule has 0 saturated carbocycles. The van der Waals surface area contributed by atoms with Crippen LogP contribution in [-0.4, -0.2) is 34.1 Å². The van der Waals surface area contributed by atoms with Gasteiger partial charge in [-0.15, -0.1) is 11.3 Å². The fraction of sp³-hybridized carbons (Fsp3) is 0.412. The Morgan fingerprint density at radius 3 is 2.44 bits per heavy atom. The van der Waals surface area contributed by atoms with Crippen LogP contribution in [0.3, 0.4) is 0 Å². The summed E-state index contributed by atoms with van der Waals surface area (Å²) in [4.78, 5) is 17.3. The van der Waals surface area contributed by atoms with Gasteiger partial charge in [-0.05, 0) is 25.0 Å². The van der Waals surface area contributed by atoms with E-state index in [1.807, 2.05) is 19.1 Å². The highest BCUT2D eigenvalue weighted by Gasteiger charge is 2.58. The zero-order chi connectivity index (χ0) is 18.8. The molecule has 1 heterocycles. The molecule has 0 spiro atoms. The molecule has 1 amide bonds. The van der Waals surface area contributed by atoms with Crippen LogP contribution in [0.15, 0.2) is 29.6 Å². The third kappa shape index (κ3) is 4.19. The largest absolute Gasteiger partial charge is 0.424 e. The van der Waals surface area contributed by atoms with Crippen molar-refractivity contribution in [3.63, 3.8) is 0 Å². The van der Waals surface area contributed by atoms with Gasteiger partial charge in [-0.2, -0.15) is 13.2 Å². The van der Waals surface area contributed by atoms with Gasteiger partial charge in [0, 0.05) is 24.7 Å². The Morgan fingerprint density at radius 2 is 1.92 bits per heavy atom. The van der Waals surface area contributed by atoms with E-state index >= 15 is 0 Å². The van der Waals surface area contributed by atoms with Crippen LogP contribution < -0.4 is 0 Å². The van der Waals surface area contributed by atoms with E-state index in [-0.39, 0.29) is 6.54 Å². The summed E-state index contributed by atoms with van der Waals surface area (Å²) in [5.41, 5.74) is -1.16. The van der Waals surface area contributed by atoms with Crippen LogP contribution in [0.4, 0.5) is 13.2 Å². The molecule has 25 heavy (non-hydrogen) atoms. The summed E-state index contributed by atoms with van der Waals surface area (Å²) in [6, 6.07) is 7.30. The highest BCUT2D eigenvalue weighted by molar-refractivity contribution is 7.09. The Labute approximate surface area is 147 Å². The minimum atomic E-state index is -5.00. The first-order chi connectivity index (χ1) is 11.5. The summed E-state index contributed by atoms with van der Waals surface area (Å²) in [7, 11) is 1.42. The number of aryl methyl sites for hydroxylation is 2. The standard InChI is InChI=1S/C17H19F3N2O2S/c1-11-6-4-5-7-13(11)9-22(3)14(23)8-16(24,17(18,19)20)15-21-12(2)10-25-15/h4-7,10,24H,8-9H2,1-3H3/t16-/m0/s1. The van der Waals surface area contributed by atoms with Gasteiger partial charge in [0.15, 0.2) is 0 Å². The van der Waals surface area contributed by atoms with Crippen LogP contribution in [0.2, 0.25) is 0 Å². The molecule has 0 fully saturated rings. The van der Waals surface area contributed by atoms with E-state index in [1.54, 1.807) is 12.1 Å². The summed E-state index contributed by atoms with van der Waals surface area (Å²) in [5, 5.41) is 11.1. The molecule has 136 valence electrons. The van der Waals surface area contributed by atoms with E-state index in [4.69, 9.17) is 0 Å². The van der Waals surface area contributed by atoms with Crippen molar-refractivity contribution in [2.45, 2.75) is 38.6 Å². The molecule has 0 saturated heterocycles. The molecular weight excluding hydrogens is 353 g/mol. The van der Waals surface area contributed by atoms with Crippen molar-refractivity contribution in [2.75, 3.05) is 7.05 Å². The SMILES string of the molecule is Cc1csc([C@@](O)(CC(=O)N(C)Cc2ccccc2C)C(F)(F)F)n1. The molecule has 0 bridgehead atoms. The van der Waals surface area contributed by atoms with Gasteiger partial charge < -0.3 is 10.0 Å². The number of thiazole rings is 1. The topological polar surface area (TPSA) is 53.4 Å². The number of amides is 1. The summed E-state index contributed by atoms with van der Waals surface area (Å²) >= 11 is 0.692. The van der Waals surface area contributed by atoms with Gasteiger partial charge in [-0.25, -0.2) is 4.98 Å². The minimum absolute atomic E-state index is 0.163. The predicted molar refractivity (Wildman–Crippen MR) is 89.1 cm³/mol. The first kappa shape index (κ1) is 19.4. The number of carbonyl (C=O) groups excluding carboxylic acids is 1. The summed E-state index contributed by atoms with van der Waals surface area (Å²) < 4.78 is 40.4. The maximum atomic E-state index is 13.5. The molecule has 4 nitrogen and oxygen atoms in total. The van der Waals surface area contributed by atoms with Crippen molar-refractivity contribution in [1.29, 1.82) is 0 Å². The zero-order valence-electron chi connectivity index (χ0n) is 14.1. The van der Waals surface area contributed by atoms with Crippen LogP contribution in [-0.2, 0) is 16.9 Å². The van der Waals surface area contributed by atoms with E-state index in [2.05, 4.69) is 4.98 Å². The first-order valence-electron chi connectivity index (χ1n) is 7.55. The number of aromatic nitrogens is 1. The fourth-order valence-corrected chi connectivity index (χ4v) is 3.24. The Hall–Kier alpha value is -1.93. The van der Waals surface area contributed by atoms with Crippen molar-refractivity contribution in [3.05, 3.63) is 51.5 Å². The maximum absolute atomic E-state index is 13.5. The highest BCUT2D eigenvalue weighted by Crippen LogP contribution is 2.43. The number of carbonyl (C=O) groups is 1. The summed E-state index contributed by atoms with van der Waals surface area (Å²) in [5.74, 6) is -0.809. The van der Waals surface area contributed by atoms with E-state index in [0.717, 1.165) is 11.1 Å². The van der Waals surface area contributed by atoms with Gasteiger partial charge in [0.05, 0.1) is 6.42 Å². The van der Waals surface area contributed by atoms with E-state index in [0.29, 0.717) is 17.0 Å². The van der Waals surface area contributed by atoms with Gasteiger partial charge in [0.2, 0.25) is 11.5 Å². The fourth-order valence-electron chi connectivity index (χ4n) is 2.33. The smallest absolute Gasteiger partial charge is 0.374 e. The van der Waals surface area contributed by atoms with Gasteiger partial charge in [-0.1, -0.05) is 24.3 Å². The third-order valence-electron chi connectivity index (χ3n) is 3.94. The quantitative estimate of drug-likeness (QED) is 0.873. The van der Waals surface area contributed by atoms with Crippen LogP contribution >= 0.6 is 11.3 Å².